The average Bonchev–Trinajstić information content (AvgIpc) is 2.90. The Morgan fingerprint density at radius 2 is 1.18 bits per heavy atom. The summed E-state index contributed by atoms with van der Waals surface area (Å²) >= 11 is 3.50. The molecule has 0 bridgehead atoms. The first-order valence-corrected chi connectivity index (χ1v) is 11.9. The Bertz CT molecular complexity index is 1280. The maximum Gasteiger partial charge on any atom is 0.173 e. The van der Waals surface area contributed by atoms with E-state index in [9.17, 15) is 0 Å². The summed E-state index contributed by atoms with van der Waals surface area (Å²) < 4.78 is 2.19. The van der Waals surface area contributed by atoms with E-state index in [-0.39, 0.29) is 0 Å². The van der Waals surface area contributed by atoms with Crippen molar-refractivity contribution in [2.75, 3.05) is 0 Å². The van der Waals surface area contributed by atoms with Gasteiger partial charge < -0.3 is 0 Å². The maximum absolute atomic E-state index is 4.85. The molecule has 0 radical (unpaired) electrons. The van der Waals surface area contributed by atoms with Crippen molar-refractivity contribution in [1.82, 2.24) is 15.0 Å². The lowest BCUT2D eigenvalue weighted by Gasteiger charge is -2.09. The van der Waals surface area contributed by atoms with Gasteiger partial charge in [0, 0.05) is 35.4 Å². The summed E-state index contributed by atoms with van der Waals surface area (Å²) in [5.41, 5.74) is 8.11. The third-order valence-electron chi connectivity index (χ3n) is 5.45. The van der Waals surface area contributed by atoms with Gasteiger partial charge in [0.25, 0.3) is 0 Å². The highest BCUT2D eigenvalue weighted by Crippen LogP contribution is 2.28. The van der Waals surface area contributed by atoms with Crippen LogP contribution in [-0.2, 0) is 11.9 Å². The zero-order valence-electron chi connectivity index (χ0n) is 18.0. The number of hydrogen-bond donors (Lipinski definition) is 0. The first kappa shape index (κ1) is 21.2. The Hall–Kier alpha value is -3.70. The third kappa shape index (κ3) is 5.04. The Labute approximate surface area is 201 Å². The normalized spacial score (nSPS) is 10.8. The summed E-state index contributed by atoms with van der Waals surface area (Å²) in [4.78, 5) is 13.9. The standard InChI is InChI=1S/C28H22BrN4/c29-19-21-7-9-22(10-8-21)20-33-15-11-23(12-16-33)24-17-27(25-5-1-3-13-30-25)32-28(18-24)26-6-2-4-14-31-26/h1-18H,19-20H2/q+1. The van der Waals surface area contributed by atoms with Crippen LogP contribution in [0.4, 0.5) is 0 Å². The smallest absolute Gasteiger partial charge is 0.173 e. The Morgan fingerprint density at radius 3 is 1.70 bits per heavy atom. The van der Waals surface area contributed by atoms with Crippen molar-refractivity contribution in [1.29, 1.82) is 0 Å². The minimum Gasteiger partial charge on any atom is -0.255 e. The Kier molecular flexibility index (Phi) is 6.31. The molecule has 0 aliphatic heterocycles. The number of benzene rings is 1. The number of nitrogens with zero attached hydrogens (tertiary/aromatic N) is 4. The van der Waals surface area contributed by atoms with Crippen LogP contribution in [0.2, 0.25) is 0 Å². The van der Waals surface area contributed by atoms with Crippen molar-refractivity contribution >= 4 is 15.9 Å². The maximum atomic E-state index is 4.85. The lowest BCUT2D eigenvalue weighted by atomic mass is 10.0. The number of aromatic nitrogens is 4. The van der Waals surface area contributed by atoms with Gasteiger partial charge in [0.2, 0.25) is 0 Å². The van der Waals surface area contributed by atoms with E-state index < -0.39 is 0 Å². The van der Waals surface area contributed by atoms with Crippen LogP contribution < -0.4 is 4.57 Å². The van der Waals surface area contributed by atoms with Crippen LogP contribution in [0.1, 0.15) is 11.1 Å². The van der Waals surface area contributed by atoms with E-state index in [4.69, 9.17) is 4.98 Å². The van der Waals surface area contributed by atoms with E-state index in [1.165, 1.54) is 11.1 Å². The molecule has 0 aliphatic carbocycles. The molecule has 5 rings (SSSR count). The van der Waals surface area contributed by atoms with Crippen molar-refractivity contribution < 1.29 is 4.57 Å². The van der Waals surface area contributed by atoms with Crippen molar-refractivity contribution in [3.63, 3.8) is 0 Å². The molecule has 0 unspecified atom stereocenters. The van der Waals surface area contributed by atoms with E-state index in [1.807, 2.05) is 36.4 Å². The molecule has 0 spiro atoms. The van der Waals surface area contributed by atoms with E-state index in [2.05, 4.69) is 91.4 Å². The lowest BCUT2D eigenvalue weighted by molar-refractivity contribution is -0.688. The molecule has 0 saturated heterocycles. The van der Waals surface area contributed by atoms with Gasteiger partial charge in [0.05, 0.1) is 22.8 Å². The summed E-state index contributed by atoms with van der Waals surface area (Å²) in [5, 5.41) is 0.877. The number of alkyl halides is 1. The molecule has 0 aliphatic rings. The summed E-state index contributed by atoms with van der Waals surface area (Å²) in [6.45, 7) is 0.831. The summed E-state index contributed by atoms with van der Waals surface area (Å²) in [5.74, 6) is 0. The van der Waals surface area contributed by atoms with Crippen LogP contribution in [0.15, 0.2) is 110 Å². The van der Waals surface area contributed by atoms with Crippen molar-refractivity contribution in [3.8, 4) is 33.9 Å². The van der Waals surface area contributed by atoms with Gasteiger partial charge in [-0.05, 0) is 53.1 Å². The highest BCUT2D eigenvalue weighted by molar-refractivity contribution is 9.08. The van der Waals surface area contributed by atoms with Crippen molar-refractivity contribution in [2.45, 2.75) is 11.9 Å². The number of hydrogen-bond acceptors (Lipinski definition) is 3. The van der Waals surface area contributed by atoms with Crippen LogP contribution in [0, 0.1) is 0 Å². The second-order valence-corrected chi connectivity index (χ2v) is 8.33. The predicted molar refractivity (Wildman–Crippen MR) is 135 cm³/mol. The number of halogens is 1. The SMILES string of the molecule is BrCc1ccc(C[n+]2ccc(-c3cc(-c4ccccn4)nc(-c4ccccn4)c3)cc2)cc1. The van der Waals surface area contributed by atoms with Gasteiger partial charge >= 0.3 is 0 Å². The van der Waals surface area contributed by atoms with Crippen molar-refractivity contribution in [2.24, 2.45) is 0 Å². The van der Waals surface area contributed by atoms with E-state index in [1.54, 1.807) is 12.4 Å². The average molecular weight is 494 g/mol. The van der Waals surface area contributed by atoms with Crippen molar-refractivity contribution in [3.05, 3.63) is 121 Å². The molecule has 4 aromatic heterocycles. The fourth-order valence-corrected chi connectivity index (χ4v) is 4.06. The predicted octanol–water partition coefficient (Wildman–Crippen LogP) is 6.10. The van der Waals surface area contributed by atoms with E-state index >= 15 is 0 Å². The summed E-state index contributed by atoms with van der Waals surface area (Å²) in [7, 11) is 0. The molecule has 4 heterocycles. The van der Waals surface area contributed by atoms with E-state index in [0.717, 1.165) is 45.8 Å². The zero-order valence-corrected chi connectivity index (χ0v) is 19.6. The minimum absolute atomic E-state index is 0.831. The van der Waals surface area contributed by atoms with Crippen LogP contribution in [-0.4, -0.2) is 15.0 Å². The molecule has 1 aromatic carbocycles. The number of pyridine rings is 4. The minimum atomic E-state index is 0.831. The van der Waals surface area contributed by atoms with Crippen LogP contribution in [0.5, 0.6) is 0 Å². The van der Waals surface area contributed by atoms with Gasteiger partial charge in [0.1, 0.15) is 0 Å². The largest absolute Gasteiger partial charge is 0.255 e. The molecule has 0 saturated carbocycles. The monoisotopic (exact) mass is 493 g/mol. The molecule has 0 atom stereocenters. The second-order valence-electron chi connectivity index (χ2n) is 7.77. The van der Waals surface area contributed by atoms with Crippen LogP contribution in [0.3, 0.4) is 0 Å². The summed E-state index contributed by atoms with van der Waals surface area (Å²) in [6.07, 6.45) is 7.82. The molecule has 4 nitrogen and oxygen atoms in total. The quantitative estimate of drug-likeness (QED) is 0.212. The molecule has 33 heavy (non-hydrogen) atoms. The zero-order chi connectivity index (χ0) is 22.5. The molecule has 0 amide bonds. The lowest BCUT2D eigenvalue weighted by Crippen LogP contribution is -2.32. The molecule has 0 N–H and O–H groups in total. The molecule has 5 heteroatoms. The Morgan fingerprint density at radius 1 is 0.606 bits per heavy atom. The first-order chi connectivity index (χ1) is 16.3. The summed E-state index contributed by atoms with van der Waals surface area (Å²) in [6, 6.07) is 28.9. The third-order valence-corrected chi connectivity index (χ3v) is 6.09. The highest BCUT2D eigenvalue weighted by atomic mass is 79.9. The van der Waals surface area contributed by atoms with Gasteiger partial charge in [-0.15, -0.1) is 0 Å². The number of rotatable bonds is 6. The van der Waals surface area contributed by atoms with Crippen LogP contribution in [0.25, 0.3) is 33.9 Å². The highest BCUT2D eigenvalue weighted by Gasteiger charge is 2.11. The van der Waals surface area contributed by atoms with Gasteiger partial charge in [-0.25, -0.2) is 9.55 Å². The van der Waals surface area contributed by atoms with Gasteiger partial charge in [0.15, 0.2) is 18.9 Å². The van der Waals surface area contributed by atoms with Gasteiger partial charge in [-0.2, -0.15) is 0 Å². The van der Waals surface area contributed by atoms with Gasteiger partial charge in [-0.1, -0.05) is 52.3 Å². The second kappa shape index (κ2) is 9.84. The molecule has 160 valence electrons. The molecule has 5 aromatic rings. The topological polar surface area (TPSA) is 42.5 Å². The molecular weight excluding hydrogens is 472 g/mol. The van der Waals surface area contributed by atoms with Gasteiger partial charge in [-0.3, -0.25) is 9.97 Å². The van der Waals surface area contributed by atoms with E-state index in [0.29, 0.717) is 0 Å². The van der Waals surface area contributed by atoms with Crippen LogP contribution >= 0.6 is 15.9 Å². The fourth-order valence-electron chi connectivity index (χ4n) is 3.69. The molecular formula is C28H22BrN4+. The Balaban J connectivity index is 1.48. The first-order valence-electron chi connectivity index (χ1n) is 10.8. The fraction of sp³-hybridized carbons (Fsp3) is 0.0714. The molecule has 0 fully saturated rings.